The lowest BCUT2D eigenvalue weighted by atomic mass is 9.82. The predicted octanol–water partition coefficient (Wildman–Crippen LogP) is 2.93. The summed E-state index contributed by atoms with van der Waals surface area (Å²) in [5.41, 5.74) is 0.341. The number of benzene rings is 1. The van der Waals surface area contributed by atoms with Crippen molar-refractivity contribution < 1.29 is 18.6 Å². The normalized spacial score (nSPS) is 32.5. The van der Waals surface area contributed by atoms with E-state index in [0.29, 0.717) is 5.56 Å². The Labute approximate surface area is 112 Å². The summed E-state index contributed by atoms with van der Waals surface area (Å²) < 4.78 is 32.1. The Kier molecular flexibility index (Phi) is 4.21. The highest BCUT2D eigenvalue weighted by molar-refractivity contribution is 5.19. The summed E-state index contributed by atoms with van der Waals surface area (Å²) in [5.74, 6) is -1.02. The van der Waals surface area contributed by atoms with Crippen molar-refractivity contribution in [2.45, 2.75) is 45.5 Å². The molecule has 5 unspecified atom stereocenters. The molecule has 0 bridgehead atoms. The fourth-order valence-electron chi connectivity index (χ4n) is 3.01. The van der Waals surface area contributed by atoms with Gasteiger partial charge in [-0.2, -0.15) is 0 Å². The molecule has 1 aromatic rings. The summed E-state index contributed by atoms with van der Waals surface area (Å²) in [4.78, 5) is 0. The minimum atomic E-state index is -0.685. The summed E-state index contributed by atoms with van der Waals surface area (Å²) in [6.07, 6.45) is -0.465. The van der Waals surface area contributed by atoms with E-state index in [0.717, 1.165) is 6.07 Å². The van der Waals surface area contributed by atoms with Crippen LogP contribution in [-0.4, -0.2) is 23.4 Å². The fraction of sp³-hybridized carbons (Fsp3) is 0.600. The molecule has 0 amide bonds. The van der Waals surface area contributed by atoms with E-state index in [-0.39, 0.29) is 30.5 Å². The number of halogens is 2. The molecule has 5 atom stereocenters. The molecule has 2 rings (SSSR count). The predicted molar refractivity (Wildman–Crippen MR) is 68.7 cm³/mol. The van der Waals surface area contributed by atoms with E-state index in [2.05, 4.69) is 0 Å². The molecule has 2 nitrogen and oxygen atoms in total. The molecule has 0 aromatic heterocycles. The first-order valence-electron chi connectivity index (χ1n) is 6.67. The smallest absolute Gasteiger partial charge is 0.129 e. The van der Waals surface area contributed by atoms with Crippen LogP contribution in [-0.2, 0) is 11.2 Å². The molecule has 1 aromatic carbocycles. The third kappa shape index (κ3) is 2.95. The van der Waals surface area contributed by atoms with Crippen LogP contribution in [0.25, 0.3) is 0 Å². The van der Waals surface area contributed by atoms with Crippen LogP contribution in [0.15, 0.2) is 18.2 Å². The van der Waals surface area contributed by atoms with E-state index >= 15 is 0 Å². The number of ether oxygens (including phenoxy) is 1. The average Bonchev–Trinajstić information content (AvgIpc) is 2.57. The van der Waals surface area contributed by atoms with Gasteiger partial charge in [0.05, 0.1) is 18.3 Å². The van der Waals surface area contributed by atoms with Crippen LogP contribution in [0, 0.1) is 23.5 Å². The molecule has 1 heterocycles. The summed E-state index contributed by atoms with van der Waals surface area (Å²) in [5, 5.41) is 10.3. The van der Waals surface area contributed by atoms with Crippen molar-refractivity contribution >= 4 is 0 Å². The maximum absolute atomic E-state index is 13.6. The maximum Gasteiger partial charge on any atom is 0.129 e. The van der Waals surface area contributed by atoms with Gasteiger partial charge >= 0.3 is 0 Å². The van der Waals surface area contributed by atoms with Gasteiger partial charge in [0.25, 0.3) is 0 Å². The van der Waals surface area contributed by atoms with E-state index in [1.165, 1.54) is 12.1 Å². The average molecular weight is 270 g/mol. The van der Waals surface area contributed by atoms with Gasteiger partial charge in [0, 0.05) is 18.4 Å². The molecule has 0 aliphatic carbocycles. The zero-order valence-corrected chi connectivity index (χ0v) is 11.4. The first kappa shape index (κ1) is 14.4. The highest BCUT2D eigenvalue weighted by Crippen LogP contribution is 2.35. The Morgan fingerprint density at radius 1 is 1.21 bits per heavy atom. The van der Waals surface area contributed by atoms with Crippen LogP contribution in [0.3, 0.4) is 0 Å². The largest absolute Gasteiger partial charge is 0.392 e. The summed E-state index contributed by atoms with van der Waals surface area (Å²) in [6, 6.07) is 3.46. The molecule has 106 valence electrons. The molecule has 4 heteroatoms. The van der Waals surface area contributed by atoms with Crippen molar-refractivity contribution in [3.63, 3.8) is 0 Å². The van der Waals surface area contributed by atoms with Gasteiger partial charge in [-0.25, -0.2) is 8.78 Å². The van der Waals surface area contributed by atoms with Crippen LogP contribution >= 0.6 is 0 Å². The van der Waals surface area contributed by atoms with Crippen molar-refractivity contribution in [1.82, 2.24) is 0 Å². The Balaban J connectivity index is 2.10. The van der Waals surface area contributed by atoms with E-state index in [4.69, 9.17) is 4.74 Å². The number of rotatable bonds is 3. The number of hydrogen-bond acceptors (Lipinski definition) is 2. The molecule has 1 fully saturated rings. The van der Waals surface area contributed by atoms with Gasteiger partial charge < -0.3 is 9.84 Å². The molecule has 0 radical (unpaired) electrons. The van der Waals surface area contributed by atoms with Gasteiger partial charge in [-0.1, -0.05) is 13.0 Å². The first-order chi connectivity index (χ1) is 8.90. The highest BCUT2D eigenvalue weighted by Gasteiger charge is 2.41. The lowest BCUT2D eigenvalue weighted by Crippen LogP contribution is -2.32. The second-order valence-corrected chi connectivity index (χ2v) is 5.49. The lowest BCUT2D eigenvalue weighted by Gasteiger charge is -2.24. The Hall–Kier alpha value is -1.00. The quantitative estimate of drug-likeness (QED) is 0.915. The molecule has 0 saturated carbocycles. The number of aliphatic hydroxyl groups excluding tert-OH is 1. The topological polar surface area (TPSA) is 29.5 Å². The molecule has 0 spiro atoms. The molecular weight excluding hydrogens is 250 g/mol. The van der Waals surface area contributed by atoms with Crippen molar-refractivity contribution in [3.8, 4) is 0 Å². The van der Waals surface area contributed by atoms with Crippen LogP contribution in [0.5, 0.6) is 0 Å². The van der Waals surface area contributed by atoms with Gasteiger partial charge in [0.15, 0.2) is 0 Å². The fourth-order valence-corrected chi connectivity index (χ4v) is 3.01. The van der Waals surface area contributed by atoms with Gasteiger partial charge in [-0.15, -0.1) is 0 Å². The minimum absolute atomic E-state index is 0.0283. The van der Waals surface area contributed by atoms with Crippen LogP contribution in [0.1, 0.15) is 26.3 Å². The summed E-state index contributed by atoms with van der Waals surface area (Å²) in [6.45, 7) is 5.93. The molecular formula is C15H20F2O2. The zero-order valence-electron chi connectivity index (χ0n) is 11.4. The summed E-state index contributed by atoms with van der Waals surface area (Å²) >= 11 is 0. The van der Waals surface area contributed by atoms with Gasteiger partial charge in [-0.3, -0.25) is 0 Å². The van der Waals surface area contributed by atoms with E-state index in [1.54, 1.807) is 0 Å². The third-order valence-electron chi connectivity index (χ3n) is 4.21. The standard InChI is InChI=1S/C15H20F2O2/c1-8-9(2)19-10(3)15(8)14(18)6-11-4-5-12(16)7-13(11)17/h4-5,7-10,14-15,18H,6H2,1-3H3. The van der Waals surface area contributed by atoms with Crippen molar-refractivity contribution in [2.75, 3.05) is 0 Å². The summed E-state index contributed by atoms with van der Waals surface area (Å²) in [7, 11) is 0. The zero-order chi connectivity index (χ0) is 14.2. The second kappa shape index (κ2) is 5.55. The molecule has 19 heavy (non-hydrogen) atoms. The SMILES string of the molecule is CC1OC(C)C(C(O)Cc2ccc(F)cc2F)C1C. The van der Waals surface area contributed by atoms with E-state index in [9.17, 15) is 13.9 Å². The van der Waals surface area contributed by atoms with Crippen molar-refractivity contribution in [1.29, 1.82) is 0 Å². The first-order valence-corrected chi connectivity index (χ1v) is 6.67. The van der Waals surface area contributed by atoms with E-state index < -0.39 is 17.7 Å². The van der Waals surface area contributed by atoms with Crippen molar-refractivity contribution in [3.05, 3.63) is 35.4 Å². The number of aliphatic hydroxyl groups is 1. The number of hydrogen-bond donors (Lipinski definition) is 1. The Bertz CT molecular complexity index is 450. The van der Waals surface area contributed by atoms with Gasteiger partial charge in [0.2, 0.25) is 0 Å². The second-order valence-electron chi connectivity index (χ2n) is 5.49. The van der Waals surface area contributed by atoms with Crippen LogP contribution < -0.4 is 0 Å². The molecule has 1 N–H and O–H groups in total. The minimum Gasteiger partial charge on any atom is -0.392 e. The van der Waals surface area contributed by atoms with Crippen molar-refractivity contribution in [2.24, 2.45) is 11.8 Å². The van der Waals surface area contributed by atoms with Crippen LogP contribution in [0.2, 0.25) is 0 Å². The molecule has 1 saturated heterocycles. The Morgan fingerprint density at radius 3 is 2.42 bits per heavy atom. The Morgan fingerprint density at radius 2 is 1.89 bits per heavy atom. The molecule has 1 aliphatic heterocycles. The van der Waals surface area contributed by atoms with Crippen LogP contribution in [0.4, 0.5) is 8.78 Å². The third-order valence-corrected chi connectivity index (χ3v) is 4.21. The van der Waals surface area contributed by atoms with E-state index in [1.807, 2.05) is 20.8 Å². The van der Waals surface area contributed by atoms with Gasteiger partial charge in [-0.05, 0) is 31.4 Å². The highest BCUT2D eigenvalue weighted by atomic mass is 19.1. The molecule has 1 aliphatic rings. The monoisotopic (exact) mass is 270 g/mol. The lowest BCUT2D eigenvalue weighted by molar-refractivity contribution is 0.0237. The van der Waals surface area contributed by atoms with Gasteiger partial charge in [0.1, 0.15) is 11.6 Å². The maximum atomic E-state index is 13.6.